The van der Waals surface area contributed by atoms with Crippen LogP contribution in [0, 0.1) is 12.3 Å². The van der Waals surface area contributed by atoms with Crippen molar-refractivity contribution in [2.45, 2.75) is 50.0 Å². The van der Waals surface area contributed by atoms with Crippen molar-refractivity contribution in [1.29, 1.82) is 0 Å². The summed E-state index contributed by atoms with van der Waals surface area (Å²) in [6.45, 7) is 3.67. The smallest absolute Gasteiger partial charge is 0.489 e. The number of hydroxylamine groups is 1. The Morgan fingerprint density at radius 3 is 1.94 bits per heavy atom. The van der Waals surface area contributed by atoms with Gasteiger partial charge in [0.15, 0.2) is 9.84 Å². The lowest BCUT2D eigenvalue weighted by atomic mass is 9.77. The fraction of sp³-hybridized carbons (Fsp3) is 0.400. The van der Waals surface area contributed by atoms with Crippen LogP contribution in [-0.4, -0.2) is 89.8 Å². The number of carboxylic acids is 2. The summed E-state index contributed by atoms with van der Waals surface area (Å²) in [7, 11) is -1.68. The monoisotopic (exact) mass is 725 g/mol. The van der Waals surface area contributed by atoms with E-state index in [0.29, 0.717) is 38.3 Å². The number of fused-ring (bicyclic) bond motifs is 1. The molecule has 1 aliphatic rings. The summed E-state index contributed by atoms with van der Waals surface area (Å²) in [4.78, 5) is 36.6. The summed E-state index contributed by atoms with van der Waals surface area (Å²) < 4.78 is 96.0. The van der Waals surface area contributed by atoms with Gasteiger partial charge in [-0.05, 0) is 81.7 Å². The van der Waals surface area contributed by atoms with Crippen LogP contribution in [0.5, 0.6) is 5.75 Å². The summed E-state index contributed by atoms with van der Waals surface area (Å²) in [6.07, 6.45) is -9.07. The lowest BCUT2D eigenvalue weighted by Crippen LogP contribution is -2.44. The molecule has 270 valence electrons. The molecule has 49 heavy (non-hydrogen) atoms. The van der Waals surface area contributed by atoms with Gasteiger partial charge < -0.3 is 19.8 Å². The molecule has 0 aliphatic carbocycles. The fourth-order valence-corrected chi connectivity index (χ4v) is 6.66. The number of piperidine rings is 1. The summed E-state index contributed by atoms with van der Waals surface area (Å²) in [5, 5.41) is 24.3. The second-order valence-electron chi connectivity index (χ2n) is 11.1. The van der Waals surface area contributed by atoms with Crippen LogP contribution in [0.3, 0.4) is 0 Å². The van der Waals surface area contributed by atoms with Crippen LogP contribution in [-0.2, 0) is 30.8 Å². The van der Waals surface area contributed by atoms with E-state index in [1.54, 1.807) is 29.7 Å². The summed E-state index contributed by atoms with van der Waals surface area (Å²) >= 11 is 0. The number of nitrogens with zero attached hydrogens (tertiary/aromatic N) is 2. The van der Waals surface area contributed by atoms with Crippen molar-refractivity contribution in [3.8, 4) is 5.75 Å². The zero-order valence-corrected chi connectivity index (χ0v) is 26.8. The van der Waals surface area contributed by atoms with Crippen molar-refractivity contribution in [3.05, 3.63) is 65.9 Å². The largest absolute Gasteiger partial charge is 0.490 e. The number of hydrogen-bond donors (Lipinski definition) is 4. The van der Waals surface area contributed by atoms with E-state index in [1.165, 1.54) is 0 Å². The highest BCUT2D eigenvalue weighted by Gasteiger charge is 2.41. The van der Waals surface area contributed by atoms with E-state index < -0.39 is 45.5 Å². The molecule has 0 radical (unpaired) electrons. The number of pyridine rings is 1. The molecule has 0 bridgehead atoms. The van der Waals surface area contributed by atoms with E-state index in [4.69, 9.17) is 29.7 Å². The van der Waals surface area contributed by atoms with Crippen LogP contribution in [0.25, 0.3) is 10.9 Å². The Kier molecular flexibility index (Phi) is 13.9. The Bertz CT molecular complexity index is 1680. The van der Waals surface area contributed by atoms with Crippen LogP contribution >= 0.6 is 0 Å². The minimum absolute atomic E-state index is 0.0307. The maximum atomic E-state index is 13.3. The van der Waals surface area contributed by atoms with Crippen LogP contribution in [0.15, 0.2) is 59.5 Å². The molecule has 4 rings (SSSR count). The highest BCUT2D eigenvalue weighted by molar-refractivity contribution is 7.91. The maximum absolute atomic E-state index is 13.3. The second-order valence-corrected chi connectivity index (χ2v) is 13.1. The van der Waals surface area contributed by atoms with Crippen molar-refractivity contribution >= 4 is 38.6 Å². The van der Waals surface area contributed by atoms with E-state index in [9.17, 15) is 39.6 Å². The molecule has 12 nitrogen and oxygen atoms in total. The highest BCUT2D eigenvalue weighted by atomic mass is 32.2. The molecule has 0 unspecified atom stereocenters. The van der Waals surface area contributed by atoms with E-state index in [1.807, 2.05) is 44.3 Å². The van der Waals surface area contributed by atoms with Crippen molar-refractivity contribution < 1.29 is 69.3 Å². The van der Waals surface area contributed by atoms with Crippen molar-refractivity contribution in [2.24, 2.45) is 5.41 Å². The number of aryl methyl sites for hydroxylation is 1. The van der Waals surface area contributed by atoms with Gasteiger partial charge in [-0.2, -0.15) is 26.3 Å². The number of carbonyl (C=O) groups excluding carboxylic acids is 1. The van der Waals surface area contributed by atoms with Crippen molar-refractivity contribution in [1.82, 2.24) is 15.4 Å². The lowest BCUT2D eigenvalue weighted by Gasteiger charge is -2.39. The van der Waals surface area contributed by atoms with Gasteiger partial charge in [0.2, 0.25) is 5.91 Å². The molecule has 0 spiro atoms. The quantitative estimate of drug-likeness (QED) is 0.143. The third kappa shape index (κ3) is 12.8. The lowest BCUT2D eigenvalue weighted by molar-refractivity contribution is -0.193. The maximum Gasteiger partial charge on any atom is 0.490 e. The van der Waals surface area contributed by atoms with E-state index in [2.05, 4.69) is 9.88 Å². The van der Waals surface area contributed by atoms with Gasteiger partial charge in [-0.15, -0.1) is 0 Å². The number of nitrogens with one attached hydrogen (secondary N) is 1. The summed E-state index contributed by atoms with van der Waals surface area (Å²) in [5.74, 6) is -5.66. The highest BCUT2D eigenvalue weighted by Crippen LogP contribution is 2.38. The van der Waals surface area contributed by atoms with E-state index in [0.717, 1.165) is 22.2 Å². The van der Waals surface area contributed by atoms with Gasteiger partial charge in [0.05, 0.1) is 16.2 Å². The Morgan fingerprint density at radius 2 is 1.45 bits per heavy atom. The first-order valence-electron chi connectivity index (χ1n) is 14.1. The predicted molar refractivity (Wildman–Crippen MR) is 160 cm³/mol. The topological polar surface area (TPSA) is 183 Å². The van der Waals surface area contributed by atoms with Crippen LogP contribution in [0.2, 0.25) is 0 Å². The third-order valence-electron chi connectivity index (χ3n) is 7.20. The molecule has 1 saturated heterocycles. The molecule has 4 N–H and O–H groups in total. The zero-order chi connectivity index (χ0) is 37.2. The number of para-hydroxylation sites is 1. The molecule has 0 saturated carbocycles. The normalized spacial score (nSPS) is 14.8. The molecule has 3 aromatic rings. The molecule has 2 heterocycles. The van der Waals surface area contributed by atoms with Gasteiger partial charge in [-0.3, -0.25) is 15.0 Å². The first-order chi connectivity index (χ1) is 22.6. The first kappa shape index (κ1) is 40.7. The molecular formula is C30H33F6N3O9S. The fourth-order valence-electron chi connectivity index (χ4n) is 4.75. The van der Waals surface area contributed by atoms with E-state index in [-0.39, 0.29) is 17.1 Å². The standard InChI is InChI=1S/C26H31N3O5S.2C2HF3O2/c1-19-15-20(23-5-3-4-6-24(23)27-19)17-34-21-7-9-22(10-8-21)35(32,33)18-26(16-25(30)28-31)11-13-29(2)14-12-26;2*3-2(4,5)1(6)7/h3-10,15,31H,11-14,16-18H2,1-2H3,(H,28,30);2*(H,6,7). The Balaban J connectivity index is 0.000000500. The first-order valence-corrected chi connectivity index (χ1v) is 15.8. The number of ether oxygens (including phenoxy) is 1. The molecule has 0 atom stereocenters. The number of aromatic nitrogens is 1. The molecule has 1 aromatic heterocycles. The summed E-state index contributed by atoms with van der Waals surface area (Å²) in [5.41, 5.74) is 3.76. The molecule has 1 amide bonds. The Labute approximate surface area is 276 Å². The number of aliphatic carboxylic acids is 2. The Hall–Kier alpha value is -4.49. The minimum atomic E-state index is -5.08. The number of benzene rings is 2. The third-order valence-corrected chi connectivity index (χ3v) is 9.18. The number of carboxylic acid groups (broad SMARTS) is 2. The number of sulfone groups is 1. The van der Waals surface area contributed by atoms with Gasteiger partial charge in [0.25, 0.3) is 0 Å². The number of halogens is 6. The van der Waals surface area contributed by atoms with E-state index >= 15 is 0 Å². The second kappa shape index (κ2) is 16.8. The van der Waals surface area contributed by atoms with Gasteiger partial charge in [0.1, 0.15) is 12.4 Å². The molecule has 1 aliphatic heterocycles. The average Bonchev–Trinajstić information content (AvgIpc) is 3.01. The number of likely N-dealkylation sites (tertiary alicyclic amines) is 1. The molecular weight excluding hydrogens is 692 g/mol. The summed E-state index contributed by atoms with van der Waals surface area (Å²) in [6, 6.07) is 16.3. The SMILES string of the molecule is Cc1cc(COc2ccc(S(=O)(=O)CC3(CC(=O)NO)CCN(C)CC3)cc2)c2ccccc2n1.O=C(O)C(F)(F)F.O=C(O)C(F)(F)F. The van der Waals surface area contributed by atoms with Crippen molar-refractivity contribution in [3.63, 3.8) is 0 Å². The molecule has 19 heteroatoms. The van der Waals surface area contributed by atoms with Gasteiger partial charge in [-0.1, -0.05) is 18.2 Å². The van der Waals surface area contributed by atoms with Crippen LogP contribution in [0.1, 0.15) is 30.5 Å². The number of alkyl halides is 6. The number of amides is 1. The molecule has 1 fully saturated rings. The molecule has 2 aromatic carbocycles. The van der Waals surface area contributed by atoms with Crippen LogP contribution < -0.4 is 10.2 Å². The average molecular weight is 726 g/mol. The minimum Gasteiger partial charge on any atom is -0.489 e. The Morgan fingerprint density at radius 1 is 0.939 bits per heavy atom. The predicted octanol–water partition coefficient (Wildman–Crippen LogP) is 4.77. The zero-order valence-electron chi connectivity index (χ0n) is 26.0. The number of hydrogen-bond acceptors (Lipinski definition) is 9. The number of rotatable bonds is 8. The van der Waals surface area contributed by atoms with Gasteiger partial charge in [0, 0.05) is 23.1 Å². The van der Waals surface area contributed by atoms with Crippen LogP contribution in [0.4, 0.5) is 26.3 Å². The van der Waals surface area contributed by atoms with Crippen molar-refractivity contribution in [2.75, 3.05) is 25.9 Å². The van der Waals surface area contributed by atoms with Gasteiger partial charge in [-0.25, -0.2) is 23.5 Å². The van der Waals surface area contributed by atoms with Gasteiger partial charge >= 0.3 is 24.3 Å². The number of carbonyl (C=O) groups is 3.